The molecule has 0 saturated carbocycles. The smallest absolute Gasteiger partial charge is 0.244 e. The number of likely N-dealkylation sites (tertiary alicyclic amines) is 1. The number of amides is 1. The van der Waals surface area contributed by atoms with Crippen LogP contribution in [0.15, 0.2) is 30.3 Å². The molecule has 9 heteroatoms. The van der Waals surface area contributed by atoms with E-state index in [1.165, 1.54) is 4.68 Å². The highest BCUT2D eigenvalue weighted by atomic mass is 16.3. The molecule has 2 heterocycles. The van der Waals surface area contributed by atoms with E-state index in [1.807, 2.05) is 30.3 Å². The van der Waals surface area contributed by atoms with Gasteiger partial charge in [0.15, 0.2) is 0 Å². The molecular formula is C16H22N6O3. The molecule has 0 aliphatic carbocycles. The number of piperidine rings is 1. The fourth-order valence-corrected chi connectivity index (χ4v) is 3.30. The van der Waals surface area contributed by atoms with E-state index in [-0.39, 0.29) is 31.6 Å². The Labute approximate surface area is 145 Å². The summed E-state index contributed by atoms with van der Waals surface area (Å²) in [5, 5.41) is 31.2. The van der Waals surface area contributed by atoms with E-state index in [1.54, 1.807) is 4.90 Å². The summed E-state index contributed by atoms with van der Waals surface area (Å²) in [6, 6.07) is 9.65. The second-order valence-corrected chi connectivity index (χ2v) is 6.50. The average Bonchev–Trinajstić information content (AvgIpc) is 3.02. The molecule has 0 spiro atoms. The summed E-state index contributed by atoms with van der Waals surface area (Å²) in [5.74, 6) is -0.125. The highest BCUT2D eigenvalue weighted by Crippen LogP contribution is 2.34. The Kier molecular flexibility index (Phi) is 4.95. The molecular weight excluding hydrogens is 324 g/mol. The van der Waals surface area contributed by atoms with Gasteiger partial charge in [0.05, 0.1) is 12.7 Å². The van der Waals surface area contributed by atoms with Crippen molar-refractivity contribution in [2.45, 2.75) is 25.5 Å². The quantitative estimate of drug-likeness (QED) is 0.637. The zero-order chi connectivity index (χ0) is 17.9. The summed E-state index contributed by atoms with van der Waals surface area (Å²) >= 11 is 0. The highest BCUT2D eigenvalue weighted by Gasteiger charge is 2.43. The number of carbonyl (C=O) groups excluding carboxylic acids is 1. The molecule has 1 saturated heterocycles. The van der Waals surface area contributed by atoms with Gasteiger partial charge < -0.3 is 20.8 Å². The van der Waals surface area contributed by atoms with Crippen molar-refractivity contribution in [1.29, 1.82) is 0 Å². The van der Waals surface area contributed by atoms with Crippen molar-refractivity contribution in [3.8, 4) is 0 Å². The Morgan fingerprint density at radius 1 is 1.36 bits per heavy atom. The molecule has 1 aromatic carbocycles. The van der Waals surface area contributed by atoms with Crippen LogP contribution in [-0.2, 0) is 17.8 Å². The first-order valence-electron chi connectivity index (χ1n) is 8.16. The van der Waals surface area contributed by atoms with Gasteiger partial charge in [0, 0.05) is 18.5 Å². The van der Waals surface area contributed by atoms with E-state index in [0.29, 0.717) is 19.4 Å². The van der Waals surface area contributed by atoms with Crippen molar-refractivity contribution < 1.29 is 15.0 Å². The van der Waals surface area contributed by atoms with Crippen LogP contribution in [0.3, 0.4) is 0 Å². The lowest BCUT2D eigenvalue weighted by atomic mass is 9.73. The number of benzene rings is 1. The second kappa shape index (κ2) is 7.16. The van der Waals surface area contributed by atoms with E-state index >= 15 is 0 Å². The Morgan fingerprint density at radius 3 is 2.76 bits per heavy atom. The van der Waals surface area contributed by atoms with Gasteiger partial charge in [0.2, 0.25) is 11.9 Å². The summed E-state index contributed by atoms with van der Waals surface area (Å²) in [6.45, 7) is 0.403. The van der Waals surface area contributed by atoms with Gasteiger partial charge in [-0.1, -0.05) is 35.4 Å². The molecule has 25 heavy (non-hydrogen) atoms. The SMILES string of the molecule is Nc1nnnn1CC(=O)N1CC[C@H](O)[C@](CO)(Cc2ccccc2)C1. The van der Waals surface area contributed by atoms with Crippen LogP contribution in [0.25, 0.3) is 0 Å². The fourth-order valence-electron chi connectivity index (χ4n) is 3.30. The van der Waals surface area contributed by atoms with E-state index < -0.39 is 11.5 Å². The molecule has 1 amide bonds. The van der Waals surface area contributed by atoms with Crippen molar-refractivity contribution in [3.05, 3.63) is 35.9 Å². The minimum absolute atomic E-state index is 0.0677. The van der Waals surface area contributed by atoms with E-state index in [2.05, 4.69) is 15.5 Å². The minimum Gasteiger partial charge on any atom is -0.396 e. The largest absolute Gasteiger partial charge is 0.396 e. The number of carbonyl (C=O) groups is 1. The van der Waals surface area contributed by atoms with E-state index in [0.717, 1.165) is 5.56 Å². The van der Waals surface area contributed by atoms with Crippen LogP contribution in [-0.4, -0.2) is 67.0 Å². The van der Waals surface area contributed by atoms with E-state index in [4.69, 9.17) is 5.73 Å². The zero-order valence-electron chi connectivity index (χ0n) is 13.8. The fraction of sp³-hybridized carbons (Fsp3) is 0.500. The van der Waals surface area contributed by atoms with Crippen LogP contribution < -0.4 is 5.73 Å². The number of hydrogen-bond acceptors (Lipinski definition) is 7. The molecule has 2 aromatic rings. The first-order valence-corrected chi connectivity index (χ1v) is 8.16. The van der Waals surface area contributed by atoms with Crippen LogP contribution in [0, 0.1) is 5.41 Å². The van der Waals surface area contributed by atoms with Crippen LogP contribution >= 0.6 is 0 Å². The topological polar surface area (TPSA) is 130 Å². The van der Waals surface area contributed by atoms with Gasteiger partial charge in [-0.15, -0.1) is 0 Å². The highest BCUT2D eigenvalue weighted by molar-refractivity contribution is 5.76. The molecule has 0 radical (unpaired) electrons. The molecule has 134 valence electrons. The summed E-state index contributed by atoms with van der Waals surface area (Å²) < 4.78 is 1.23. The van der Waals surface area contributed by atoms with Crippen molar-refractivity contribution in [1.82, 2.24) is 25.1 Å². The first kappa shape index (κ1) is 17.3. The summed E-state index contributed by atoms with van der Waals surface area (Å²) in [5.41, 5.74) is 5.82. The molecule has 1 fully saturated rings. The molecule has 0 unspecified atom stereocenters. The molecule has 1 aliphatic rings. The number of nitrogens with zero attached hydrogens (tertiary/aromatic N) is 5. The Hall–Kier alpha value is -2.52. The van der Waals surface area contributed by atoms with E-state index in [9.17, 15) is 15.0 Å². The predicted molar refractivity (Wildman–Crippen MR) is 89.1 cm³/mol. The van der Waals surface area contributed by atoms with Gasteiger partial charge in [-0.25, -0.2) is 4.68 Å². The van der Waals surface area contributed by atoms with Crippen molar-refractivity contribution in [2.24, 2.45) is 5.41 Å². The lowest BCUT2D eigenvalue weighted by Gasteiger charge is -2.45. The Bertz CT molecular complexity index is 722. The summed E-state index contributed by atoms with van der Waals surface area (Å²) in [7, 11) is 0. The van der Waals surface area contributed by atoms with Gasteiger partial charge in [-0.3, -0.25) is 4.79 Å². The van der Waals surface area contributed by atoms with Crippen molar-refractivity contribution in [3.63, 3.8) is 0 Å². The molecule has 1 aliphatic heterocycles. The summed E-state index contributed by atoms with van der Waals surface area (Å²) in [6.07, 6.45) is 0.215. The maximum atomic E-state index is 12.6. The zero-order valence-corrected chi connectivity index (χ0v) is 13.8. The van der Waals surface area contributed by atoms with Gasteiger partial charge in [-0.05, 0) is 28.8 Å². The van der Waals surface area contributed by atoms with Crippen LogP contribution in [0.5, 0.6) is 0 Å². The Morgan fingerprint density at radius 2 is 2.12 bits per heavy atom. The monoisotopic (exact) mass is 346 g/mol. The lowest BCUT2D eigenvalue weighted by molar-refractivity contribution is -0.142. The van der Waals surface area contributed by atoms with Crippen LogP contribution in [0.2, 0.25) is 0 Å². The standard InChI is InChI=1S/C16H22N6O3/c17-15-18-19-20-22(15)9-14(25)21-7-6-13(24)16(10-21,11-23)8-12-4-2-1-3-5-12/h1-5,13,23-24H,6-11H2,(H2,17,18,20)/t13-,16+/m0/s1. The number of nitrogens with two attached hydrogens (primary N) is 1. The number of aliphatic hydroxyl groups is 2. The maximum Gasteiger partial charge on any atom is 0.244 e. The Balaban J connectivity index is 1.75. The molecule has 0 bridgehead atoms. The number of hydrogen-bond donors (Lipinski definition) is 3. The van der Waals surface area contributed by atoms with Crippen molar-refractivity contribution >= 4 is 11.9 Å². The number of nitrogen functional groups attached to an aromatic ring is 1. The molecule has 1 aromatic heterocycles. The minimum atomic E-state index is -0.790. The third-order valence-electron chi connectivity index (χ3n) is 4.80. The lowest BCUT2D eigenvalue weighted by Crippen LogP contribution is -2.56. The third kappa shape index (κ3) is 3.62. The number of aliphatic hydroxyl groups excluding tert-OH is 2. The molecule has 9 nitrogen and oxygen atoms in total. The maximum absolute atomic E-state index is 12.6. The van der Waals surface area contributed by atoms with Gasteiger partial charge in [0.1, 0.15) is 6.54 Å². The number of aromatic nitrogens is 4. The number of rotatable bonds is 5. The second-order valence-electron chi connectivity index (χ2n) is 6.50. The third-order valence-corrected chi connectivity index (χ3v) is 4.80. The average molecular weight is 346 g/mol. The molecule has 4 N–H and O–H groups in total. The van der Waals surface area contributed by atoms with Crippen LogP contribution in [0.1, 0.15) is 12.0 Å². The van der Waals surface area contributed by atoms with Gasteiger partial charge >= 0.3 is 0 Å². The first-order chi connectivity index (χ1) is 12.0. The predicted octanol–water partition coefficient (Wildman–Crippen LogP) is -0.930. The number of anilines is 1. The normalized spacial score (nSPS) is 23.6. The molecule has 2 atom stereocenters. The molecule has 3 rings (SSSR count). The van der Waals surface area contributed by atoms with Crippen LogP contribution in [0.4, 0.5) is 5.95 Å². The van der Waals surface area contributed by atoms with Gasteiger partial charge in [0.25, 0.3) is 0 Å². The summed E-state index contributed by atoms with van der Waals surface area (Å²) in [4.78, 5) is 14.2. The van der Waals surface area contributed by atoms with Crippen molar-refractivity contribution in [2.75, 3.05) is 25.4 Å². The van der Waals surface area contributed by atoms with Gasteiger partial charge in [-0.2, -0.15) is 0 Å². The number of tetrazole rings is 1.